The zero-order valence-corrected chi connectivity index (χ0v) is 11.6. The summed E-state index contributed by atoms with van der Waals surface area (Å²) in [5, 5.41) is 0.996. The number of carbonyl (C=O) groups excluding carboxylic acids is 1. The number of halogens is 1. The van der Waals surface area contributed by atoms with Gasteiger partial charge in [-0.1, -0.05) is 13.8 Å². The van der Waals surface area contributed by atoms with Gasteiger partial charge in [-0.05, 0) is 5.92 Å². The molecule has 1 fully saturated rings. The van der Waals surface area contributed by atoms with Crippen molar-refractivity contribution >= 4 is 32.6 Å². The molecule has 1 amide bonds. The minimum atomic E-state index is -4.67. The molecular formula is C10H13FN2O3S2. The van der Waals surface area contributed by atoms with Gasteiger partial charge >= 0.3 is 10.2 Å². The first-order valence-corrected chi connectivity index (χ1v) is 7.81. The fourth-order valence-electron chi connectivity index (χ4n) is 1.71. The number of rotatable bonds is 3. The summed E-state index contributed by atoms with van der Waals surface area (Å²) in [6.07, 6.45) is -0.310. The molecule has 8 heteroatoms. The van der Waals surface area contributed by atoms with E-state index in [4.69, 9.17) is 0 Å². The zero-order valence-electron chi connectivity index (χ0n) is 9.96. The Bertz CT molecular complexity index is 567. The lowest BCUT2D eigenvalue weighted by Crippen LogP contribution is -2.26. The lowest BCUT2D eigenvalue weighted by molar-refractivity contribution is -0.117. The molecule has 1 atom stereocenters. The average molecular weight is 292 g/mol. The van der Waals surface area contributed by atoms with Crippen LogP contribution < -0.4 is 4.90 Å². The standard InChI is InChI=1S/C10H13FN2O3S2/c1-6(2)8-5-17-10(12-8)13-4-7(3-9(13)14)18(11,15)16/h5-7H,3-4H2,1-2H3. The van der Waals surface area contributed by atoms with Gasteiger partial charge in [0.1, 0.15) is 5.25 Å². The van der Waals surface area contributed by atoms with Crippen LogP contribution in [0.2, 0.25) is 0 Å². The monoisotopic (exact) mass is 292 g/mol. The Kier molecular flexibility index (Phi) is 3.41. The van der Waals surface area contributed by atoms with Crippen LogP contribution in [0.1, 0.15) is 31.9 Å². The highest BCUT2D eigenvalue weighted by Crippen LogP contribution is 2.30. The molecule has 1 unspecified atom stereocenters. The van der Waals surface area contributed by atoms with E-state index < -0.39 is 21.4 Å². The number of hydrogen-bond donors (Lipinski definition) is 0. The van der Waals surface area contributed by atoms with E-state index in [0.29, 0.717) is 5.13 Å². The smallest absolute Gasteiger partial charge is 0.287 e. The lowest BCUT2D eigenvalue weighted by atomic mass is 10.2. The van der Waals surface area contributed by atoms with Crippen LogP contribution >= 0.6 is 11.3 Å². The summed E-state index contributed by atoms with van der Waals surface area (Å²) in [5.74, 6) is -0.167. The van der Waals surface area contributed by atoms with Crippen molar-refractivity contribution in [3.05, 3.63) is 11.1 Å². The van der Waals surface area contributed by atoms with Gasteiger partial charge in [0, 0.05) is 18.3 Å². The number of amides is 1. The summed E-state index contributed by atoms with van der Waals surface area (Å²) in [4.78, 5) is 17.2. The second kappa shape index (κ2) is 4.58. The maximum atomic E-state index is 12.9. The molecule has 2 rings (SSSR count). The first kappa shape index (κ1) is 13.4. The molecule has 0 bridgehead atoms. The molecule has 5 nitrogen and oxygen atoms in total. The molecule has 18 heavy (non-hydrogen) atoms. The third kappa shape index (κ3) is 2.54. The number of thiazole rings is 1. The quantitative estimate of drug-likeness (QED) is 0.795. The van der Waals surface area contributed by atoms with Crippen molar-refractivity contribution in [1.29, 1.82) is 0 Å². The van der Waals surface area contributed by atoms with E-state index in [0.717, 1.165) is 5.69 Å². The van der Waals surface area contributed by atoms with Gasteiger partial charge in [0.25, 0.3) is 0 Å². The van der Waals surface area contributed by atoms with E-state index >= 15 is 0 Å². The van der Waals surface area contributed by atoms with E-state index in [1.165, 1.54) is 16.2 Å². The van der Waals surface area contributed by atoms with Crippen molar-refractivity contribution in [3.63, 3.8) is 0 Å². The van der Waals surface area contributed by atoms with Crippen molar-refractivity contribution in [2.75, 3.05) is 11.4 Å². The van der Waals surface area contributed by atoms with E-state index in [9.17, 15) is 17.1 Å². The summed E-state index contributed by atoms with van der Waals surface area (Å²) >= 11 is 1.27. The van der Waals surface area contributed by atoms with Gasteiger partial charge in [0.2, 0.25) is 5.91 Å². The van der Waals surface area contributed by atoms with Gasteiger partial charge < -0.3 is 0 Å². The first-order chi connectivity index (χ1) is 8.29. The minimum absolute atomic E-state index is 0.150. The molecule has 1 aliphatic rings. The van der Waals surface area contributed by atoms with Crippen LogP contribution in [0.25, 0.3) is 0 Å². The maximum Gasteiger partial charge on any atom is 0.307 e. The molecule has 0 saturated carbocycles. The predicted molar refractivity (Wildman–Crippen MR) is 67.0 cm³/mol. The second-order valence-electron chi connectivity index (χ2n) is 4.52. The van der Waals surface area contributed by atoms with Crippen LogP contribution in [0.3, 0.4) is 0 Å². The summed E-state index contributed by atoms with van der Waals surface area (Å²) in [6.45, 7) is 3.79. The van der Waals surface area contributed by atoms with Gasteiger partial charge in [0.05, 0.1) is 5.69 Å². The maximum absolute atomic E-state index is 12.9. The molecular weight excluding hydrogens is 279 g/mol. The highest BCUT2D eigenvalue weighted by Gasteiger charge is 2.40. The molecule has 0 N–H and O–H groups in total. The lowest BCUT2D eigenvalue weighted by Gasteiger charge is -2.11. The van der Waals surface area contributed by atoms with Gasteiger partial charge in [-0.25, -0.2) is 4.98 Å². The molecule has 0 aromatic carbocycles. The molecule has 100 valence electrons. The van der Waals surface area contributed by atoms with Crippen molar-refractivity contribution in [3.8, 4) is 0 Å². The first-order valence-electron chi connectivity index (χ1n) is 5.48. The van der Waals surface area contributed by atoms with Gasteiger partial charge in [-0.15, -0.1) is 15.2 Å². The van der Waals surface area contributed by atoms with E-state index in [2.05, 4.69) is 4.98 Å². The van der Waals surface area contributed by atoms with Gasteiger partial charge in [-0.3, -0.25) is 9.69 Å². The highest BCUT2D eigenvalue weighted by atomic mass is 32.3. The average Bonchev–Trinajstić information content (AvgIpc) is 2.81. The Morgan fingerprint density at radius 3 is 2.67 bits per heavy atom. The largest absolute Gasteiger partial charge is 0.307 e. The van der Waals surface area contributed by atoms with Crippen molar-refractivity contribution in [2.24, 2.45) is 0 Å². The van der Waals surface area contributed by atoms with Crippen LogP contribution in [0, 0.1) is 0 Å². The Labute approximate surface area is 109 Å². The van der Waals surface area contributed by atoms with Crippen molar-refractivity contribution < 1.29 is 17.1 Å². The highest BCUT2D eigenvalue weighted by molar-refractivity contribution is 7.87. The van der Waals surface area contributed by atoms with E-state index in [-0.39, 0.29) is 18.9 Å². The normalized spacial score (nSPS) is 21.0. The van der Waals surface area contributed by atoms with Crippen molar-refractivity contribution in [2.45, 2.75) is 31.4 Å². The summed E-state index contributed by atoms with van der Waals surface area (Å²) in [6, 6.07) is 0. The van der Waals surface area contributed by atoms with Crippen molar-refractivity contribution in [1.82, 2.24) is 4.98 Å². The Morgan fingerprint density at radius 1 is 1.56 bits per heavy atom. The van der Waals surface area contributed by atoms with Gasteiger partial charge in [0.15, 0.2) is 5.13 Å². The van der Waals surface area contributed by atoms with E-state index in [1.807, 2.05) is 19.2 Å². The number of anilines is 1. The zero-order chi connectivity index (χ0) is 13.5. The van der Waals surface area contributed by atoms with Crippen LogP contribution in [0.4, 0.5) is 9.02 Å². The summed E-state index contributed by atoms with van der Waals surface area (Å²) < 4.78 is 34.5. The second-order valence-corrected chi connectivity index (χ2v) is 6.97. The van der Waals surface area contributed by atoms with Crippen LogP contribution in [0.5, 0.6) is 0 Å². The van der Waals surface area contributed by atoms with Crippen LogP contribution in [-0.2, 0) is 15.0 Å². The topological polar surface area (TPSA) is 67.3 Å². The number of aromatic nitrogens is 1. The minimum Gasteiger partial charge on any atom is -0.287 e. The Morgan fingerprint density at radius 2 is 2.22 bits per heavy atom. The predicted octanol–water partition coefficient (Wildman–Crippen LogP) is 1.67. The molecule has 0 radical (unpaired) electrons. The fraction of sp³-hybridized carbons (Fsp3) is 0.600. The SMILES string of the molecule is CC(C)c1csc(N2CC(S(=O)(=O)F)CC2=O)n1. The molecule has 1 aromatic heterocycles. The molecule has 2 heterocycles. The summed E-state index contributed by atoms with van der Waals surface area (Å²) in [5.41, 5.74) is 0.842. The number of nitrogens with zero attached hydrogens (tertiary/aromatic N) is 2. The third-order valence-corrected chi connectivity index (χ3v) is 4.81. The molecule has 0 aliphatic carbocycles. The number of carbonyl (C=O) groups is 1. The third-order valence-electron chi connectivity index (χ3n) is 2.82. The summed E-state index contributed by atoms with van der Waals surface area (Å²) in [7, 11) is -4.67. The molecule has 1 aromatic rings. The fourth-order valence-corrected chi connectivity index (χ4v) is 3.40. The molecule has 1 saturated heterocycles. The Balaban J connectivity index is 2.22. The van der Waals surface area contributed by atoms with Crippen LogP contribution in [-0.4, -0.2) is 31.1 Å². The molecule has 1 aliphatic heterocycles. The Hall–Kier alpha value is -1.02. The van der Waals surface area contributed by atoms with Crippen LogP contribution in [0.15, 0.2) is 5.38 Å². The van der Waals surface area contributed by atoms with Gasteiger partial charge in [-0.2, -0.15) is 8.42 Å². The number of hydrogen-bond acceptors (Lipinski definition) is 5. The molecule has 0 spiro atoms. The van der Waals surface area contributed by atoms with E-state index in [1.54, 1.807) is 0 Å².